The second kappa shape index (κ2) is 7.15. The molecule has 3 heteroatoms. The summed E-state index contributed by atoms with van der Waals surface area (Å²) in [6, 6.07) is 7.68. The van der Waals surface area contributed by atoms with Gasteiger partial charge in [-0.2, -0.15) is 11.8 Å². The first-order valence-electron chi connectivity index (χ1n) is 5.14. The fourth-order valence-electron chi connectivity index (χ4n) is 1.46. The van der Waals surface area contributed by atoms with Gasteiger partial charge < -0.3 is 5.11 Å². The van der Waals surface area contributed by atoms with E-state index in [9.17, 15) is 5.11 Å². The summed E-state index contributed by atoms with van der Waals surface area (Å²) in [5, 5.41) is 10.5. The summed E-state index contributed by atoms with van der Waals surface area (Å²) in [4.78, 5) is 0. The fourth-order valence-corrected chi connectivity index (χ4v) is 2.04. The normalized spacial score (nSPS) is 12.7. The molecule has 0 aliphatic carbocycles. The molecule has 1 nitrogen and oxygen atoms in total. The highest BCUT2D eigenvalue weighted by Gasteiger charge is 2.04. The van der Waals surface area contributed by atoms with Crippen LogP contribution in [0.15, 0.2) is 24.3 Å². The molecule has 0 bridgehead atoms. The average Bonchev–Trinajstić information content (AvgIpc) is 2.22. The first-order chi connectivity index (χ1) is 7.22. The van der Waals surface area contributed by atoms with Crippen LogP contribution in [0.3, 0.4) is 0 Å². The van der Waals surface area contributed by atoms with Gasteiger partial charge in [0.05, 0.1) is 6.10 Å². The topological polar surface area (TPSA) is 20.2 Å². The van der Waals surface area contributed by atoms with Crippen molar-refractivity contribution in [2.24, 2.45) is 0 Å². The molecule has 0 saturated carbocycles. The minimum atomic E-state index is -0.224. The lowest BCUT2D eigenvalue weighted by molar-refractivity contribution is 0.164. The van der Waals surface area contributed by atoms with Crippen LogP contribution in [0, 0.1) is 0 Å². The van der Waals surface area contributed by atoms with Gasteiger partial charge in [-0.3, -0.25) is 0 Å². The summed E-state index contributed by atoms with van der Waals surface area (Å²) in [7, 11) is 0. The van der Waals surface area contributed by atoms with Crippen molar-refractivity contribution in [1.82, 2.24) is 0 Å². The Hall–Kier alpha value is -0.180. The molecule has 0 aromatic heterocycles. The largest absolute Gasteiger partial charge is 0.393 e. The third kappa shape index (κ3) is 5.45. The molecule has 0 fully saturated rings. The van der Waals surface area contributed by atoms with Gasteiger partial charge in [0, 0.05) is 5.02 Å². The minimum absolute atomic E-state index is 0.224. The molecule has 0 radical (unpaired) electrons. The number of thioether (sulfide) groups is 1. The van der Waals surface area contributed by atoms with Gasteiger partial charge in [0.25, 0.3) is 0 Å². The number of halogens is 1. The van der Waals surface area contributed by atoms with Crippen molar-refractivity contribution in [2.45, 2.75) is 25.4 Å². The van der Waals surface area contributed by atoms with E-state index in [1.54, 1.807) is 0 Å². The van der Waals surface area contributed by atoms with Crippen LogP contribution in [0.4, 0.5) is 0 Å². The van der Waals surface area contributed by atoms with Crippen molar-refractivity contribution >= 4 is 23.4 Å². The van der Waals surface area contributed by atoms with Crippen molar-refractivity contribution in [1.29, 1.82) is 0 Å². The van der Waals surface area contributed by atoms with Crippen LogP contribution in [0.25, 0.3) is 0 Å². The minimum Gasteiger partial charge on any atom is -0.393 e. The molecule has 1 aromatic rings. The van der Waals surface area contributed by atoms with Crippen molar-refractivity contribution < 1.29 is 5.11 Å². The lowest BCUT2D eigenvalue weighted by Gasteiger charge is -2.09. The second-order valence-electron chi connectivity index (χ2n) is 3.62. The zero-order valence-corrected chi connectivity index (χ0v) is 10.5. The summed E-state index contributed by atoms with van der Waals surface area (Å²) in [6.07, 6.45) is 4.55. The molecule has 15 heavy (non-hydrogen) atoms. The Balaban J connectivity index is 2.31. The predicted octanol–water partition coefficient (Wildman–Crippen LogP) is 3.39. The molecule has 0 heterocycles. The summed E-state index contributed by atoms with van der Waals surface area (Å²) >= 11 is 7.61. The number of aliphatic hydroxyl groups is 1. The number of hydrogen-bond acceptors (Lipinski definition) is 2. The van der Waals surface area contributed by atoms with Gasteiger partial charge in [-0.15, -0.1) is 0 Å². The van der Waals surface area contributed by atoms with E-state index in [0.29, 0.717) is 0 Å². The molecular formula is C12H17ClOS. The third-order valence-corrected chi connectivity index (χ3v) is 3.22. The molecule has 0 aliphatic rings. The zero-order chi connectivity index (χ0) is 11.1. The molecular weight excluding hydrogens is 228 g/mol. The van der Waals surface area contributed by atoms with Gasteiger partial charge in [-0.05, 0) is 49.0 Å². The first-order valence-corrected chi connectivity index (χ1v) is 6.91. The highest BCUT2D eigenvalue weighted by atomic mass is 35.5. The molecule has 0 aliphatic heterocycles. The lowest BCUT2D eigenvalue weighted by Crippen LogP contribution is -2.10. The summed E-state index contributed by atoms with van der Waals surface area (Å²) in [5.41, 5.74) is 1.15. The van der Waals surface area contributed by atoms with E-state index in [-0.39, 0.29) is 6.10 Å². The van der Waals surface area contributed by atoms with E-state index in [0.717, 1.165) is 35.6 Å². The van der Waals surface area contributed by atoms with Crippen LogP contribution < -0.4 is 0 Å². The van der Waals surface area contributed by atoms with E-state index in [1.807, 2.05) is 36.0 Å². The number of rotatable bonds is 6. The summed E-state index contributed by atoms with van der Waals surface area (Å²) in [6.45, 7) is 0. The molecule has 84 valence electrons. The molecule has 0 spiro atoms. The van der Waals surface area contributed by atoms with Gasteiger partial charge in [-0.25, -0.2) is 0 Å². The lowest BCUT2D eigenvalue weighted by atomic mass is 10.1. The van der Waals surface area contributed by atoms with E-state index in [2.05, 4.69) is 6.26 Å². The monoisotopic (exact) mass is 244 g/mol. The Morgan fingerprint density at radius 2 is 2.00 bits per heavy atom. The Bertz CT molecular complexity index is 273. The summed E-state index contributed by atoms with van der Waals surface area (Å²) < 4.78 is 0. The number of aliphatic hydroxyl groups excluding tert-OH is 1. The Kier molecular flexibility index (Phi) is 6.15. The van der Waals surface area contributed by atoms with Crippen LogP contribution in [-0.2, 0) is 6.42 Å². The zero-order valence-electron chi connectivity index (χ0n) is 8.95. The van der Waals surface area contributed by atoms with Crippen LogP contribution in [-0.4, -0.2) is 23.2 Å². The van der Waals surface area contributed by atoms with Gasteiger partial charge in [0.1, 0.15) is 0 Å². The molecule has 1 atom stereocenters. The molecule has 1 N–H and O–H groups in total. The average molecular weight is 245 g/mol. The van der Waals surface area contributed by atoms with Gasteiger partial charge >= 0.3 is 0 Å². The maximum absolute atomic E-state index is 9.76. The standard InChI is InChI=1S/C12H17ClOS/c1-15-8-2-3-12(14)9-10-4-6-11(13)7-5-10/h4-7,12,14H,2-3,8-9H2,1H3. The molecule has 1 rings (SSSR count). The van der Waals surface area contributed by atoms with E-state index < -0.39 is 0 Å². The number of benzene rings is 1. The Labute approximate surface area is 101 Å². The molecule has 0 amide bonds. The summed E-state index contributed by atoms with van der Waals surface area (Å²) in [5.74, 6) is 1.12. The molecule has 1 unspecified atom stereocenters. The van der Waals surface area contributed by atoms with E-state index >= 15 is 0 Å². The van der Waals surface area contributed by atoms with Crippen molar-refractivity contribution in [3.63, 3.8) is 0 Å². The molecule has 0 saturated heterocycles. The van der Waals surface area contributed by atoms with Crippen LogP contribution in [0.2, 0.25) is 5.02 Å². The van der Waals surface area contributed by atoms with Gasteiger partial charge in [0.2, 0.25) is 0 Å². The highest BCUT2D eigenvalue weighted by molar-refractivity contribution is 7.98. The van der Waals surface area contributed by atoms with Crippen LogP contribution >= 0.6 is 23.4 Å². The molecule has 1 aromatic carbocycles. The highest BCUT2D eigenvalue weighted by Crippen LogP contribution is 2.13. The van der Waals surface area contributed by atoms with Gasteiger partial charge in [-0.1, -0.05) is 23.7 Å². The smallest absolute Gasteiger partial charge is 0.0580 e. The quantitative estimate of drug-likeness (QED) is 0.775. The fraction of sp³-hybridized carbons (Fsp3) is 0.500. The van der Waals surface area contributed by atoms with Crippen molar-refractivity contribution in [3.8, 4) is 0 Å². The third-order valence-electron chi connectivity index (χ3n) is 2.27. The van der Waals surface area contributed by atoms with Crippen LogP contribution in [0.5, 0.6) is 0 Å². The maximum Gasteiger partial charge on any atom is 0.0580 e. The van der Waals surface area contributed by atoms with Gasteiger partial charge in [0.15, 0.2) is 0 Å². The first kappa shape index (κ1) is 12.9. The Morgan fingerprint density at radius 1 is 1.33 bits per heavy atom. The predicted molar refractivity (Wildman–Crippen MR) is 68.8 cm³/mol. The second-order valence-corrected chi connectivity index (χ2v) is 5.04. The number of hydrogen-bond donors (Lipinski definition) is 1. The maximum atomic E-state index is 9.76. The van der Waals surface area contributed by atoms with E-state index in [1.165, 1.54) is 0 Å². The van der Waals surface area contributed by atoms with Crippen molar-refractivity contribution in [2.75, 3.05) is 12.0 Å². The Morgan fingerprint density at radius 3 is 2.60 bits per heavy atom. The SMILES string of the molecule is CSCCCC(O)Cc1ccc(Cl)cc1. The van der Waals surface area contributed by atoms with E-state index in [4.69, 9.17) is 11.6 Å². The van der Waals surface area contributed by atoms with Crippen LogP contribution in [0.1, 0.15) is 18.4 Å². The van der Waals surface area contributed by atoms with Crippen molar-refractivity contribution in [3.05, 3.63) is 34.9 Å².